The Labute approximate surface area is 115 Å². The first-order valence-electron chi connectivity index (χ1n) is 8.26. The Hall–Kier alpha value is -0.260. The topological polar surface area (TPSA) is 0 Å². The lowest BCUT2D eigenvalue weighted by atomic mass is 9.78. The standard InChI is InChI=1S/C18H34/c1-6-9-11-14(4)18(8-3)15(5)12-17-13-16(17)10-7-2/h8,14-18H,3,6-7,9-13H2,1-2,4-5H3. The van der Waals surface area contributed by atoms with Crippen molar-refractivity contribution in [3.63, 3.8) is 0 Å². The van der Waals surface area contributed by atoms with Crippen LogP contribution in [0.4, 0.5) is 0 Å². The molecule has 0 amide bonds. The Morgan fingerprint density at radius 2 is 1.83 bits per heavy atom. The van der Waals surface area contributed by atoms with Crippen LogP contribution in [0.2, 0.25) is 0 Å². The lowest BCUT2D eigenvalue weighted by Gasteiger charge is -2.27. The lowest BCUT2D eigenvalue weighted by molar-refractivity contribution is 0.270. The summed E-state index contributed by atoms with van der Waals surface area (Å²) in [5.41, 5.74) is 0. The molecule has 0 aliphatic heterocycles. The molecule has 0 heteroatoms. The molecule has 1 aliphatic carbocycles. The van der Waals surface area contributed by atoms with Crippen LogP contribution in [-0.2, 0) is 0 Å². The van der Waals surface area contributed by atoms with Gasteiger partial charge >= 0.3 is 0 Å². The molecule has 1 saturated carbocycles. The van der Waals surface area contributed by atoms with Crippen molar-refractivity contribution in [1.82, 2.24) is 0 Å². The van der Waals surface area contributed by atoms with Gasteiger partial charge in [0.1, 0.15) is 0 Å². The van der Waals surface area contributed by atoms with E-state index in [0.717, 1.165) is 29.6 Å². The molecule has 0 saturated heterocycles. The maximum Gasteiger partial charge on any atom is -0.0185 e. The van der Waals surface area contributed by atoms with E-state index < -0.39 is 0 Å². The van der Waals surface area contributed by atoms with Crippen LogP contribution in [0.3, 0.4) is 0 Å². The normalized spacial score (nSPS) is 27.6. The second kappa shape index (κ2) is 8.02. The molecule has 1 fully saturated rings. The van der Waals surface area contributed by atoms with Crippen molar-refractivity contribution in [3.8, 4) is 0 Å². The van der Waals surface area contributed by atoms with Crippen molar-refractivity contribution in [2.45, 2.75) is 72.6 Å². The van der Waals surface area contributed by atoms with Crippen LogP contribution < -0.4 is 0 Å². The molecule has 0 bridgehead atoms. The number of unbranched alkanes of at least 4 members (excludes halogenated alkanes) is 1. The maximum atomic E-state index is 4.09. The van der Waals surface area contributed by atoms with Gasteiger partial charge < -0.3 is 0 Å². The summed E-state index contributed by atoms with van der Waals surface area (Å²) in [5.74, 6) is 4.50. The van der Waals surface area contributed by atoms with Gasteiger partial charge in [0.25, 0.3) is 0 Å². The zero-order valence-electron chi connectivity index (χ0n) is 13.1. The van der Waals surface area contributed by atoms with E-state index in [2.05, 4.69) is 40.3 Å². The van der Waals surface area contributed by atoms with Crippen molar-refractivity contribution < 1.29 is 0 Å². The molecular formula is C18H34. The number of rotatable bonds is 10. The quantitative estimate of drug-likeness (QED) is 0.412. The average Bonchev–Trinajstić information content (AvgIpc) is 3.06. The summed E-state index contributed by atoms with van der Waals surface area (Å²) in [6, 6.07) is 0. The third-order valence-electron chi connectivity index (χ3n) is 5.00. The maximum absolute atomic E-state index is 4.09. The van der Waals surface area contributed by atoms with Crippen LogP contribution in [0.5, 0.6) is 0 Å². The van der Waals surface area contributed by atoms with E-state index in [1.807, 2.05) is 0 Å². The summed E-state index contributed by atoms with van der Waals surface area (Å²) in [7, 11) is 0. The molecule has 1 aliphatic rings. The summed E-state index contributed by atoms with van der Waals surface area (Å²) < 4.78 is 0. The molecule has 0 aromatic rings. The summed E-state index contributed by atoms with van der Waals surface area (Å²) in [4.78, 5) is 0. The van der Waals surface area contributed by atoms with Gasteiger partial charge in [-0.15, -0.1) is 6.58 Å². The molecule has 106 valence electrons. The highest BCUT2D eigenvalue weighted by atomic mass is 14.4. The molecule has 5 atom stereocenters. The Morgan fingerprint density at radius 3 is 2.39 bits per heavy atom. The summed E-state index contributed by atoms with van der Waals surface area (Å²) in [6.07, 6.45) is 12.1. The van der Waals surface area contributed by atoms with Gasteiger partial charge in [0, 0.05) is 0 Å². The van der Waals surface area contributed by atoms with Crippen LogP contribution in [0.1, 0.15) is 72.6 Å². The minimum Gasteiger partial charge on any atom is -0.103 e. The van der Waals surface area contributed by atoms with Gasteiger partial charge in [-0.25, -0.2) is 0 Å². The molecule has 0 nitrogen and oxygen atoms in total. The Bertz CT molecular complexity index is 230. The van der Waals surface area contributed by atoms with E-state index in [9.17, 15) is 0 Å². The van der Waals surface area contributed by atoms with E-state index in [4.69, 9.17) is 0 Å². The highest BCUT2D eigenvalue weighted by Gasteiger charge is 2.37. The van der Waals surface area contributed by atoms with E-state index in [1.165, 1.54) is 44.9 Å². The van der Waals surface area contributed by atoms with Crippen molar-refractivity contribution >= 4 is 0 Å². The molecular weight excluding hydrogens is 216 g/mol. The highest BCUT2D eigenvalue weighted by Crippen LogP contribution is 2.47. The zero-order valence-corrected chi connectivity index (χ0v) is 13.1. The summed E-state index contributed by atoms with van der Waals surface area (Å²) >= 11 is 0. The third kappa shape index (κ3) is 4.78. The molecule has 0 radical (unpaired) electrons. The molecule has 0 N–H and O–H groups in total. The van der Waals surface area contributed by atoms with Crippen molar-refractivity contribution in [2.24, 2.45) is 29.6 Å². The summed E-state index contributed by atoms with van der Waals surface area (Å²) in [5, 5.41) is 0. The second-order valence-electron chi connectivity index (χ2n) is 6.69. The smallest absolute Gasteiger partial charge is 0.0185 e. The average molecular weight is 250 g/mol. The van der Waals surface area contributed by atoms with Crippen LogP contribution in [0, 0.1) is 29.6 Å². The van der Waals surface area contributed by atoms with Crippen LogP contribution in [0.25, 0.3) is 0 Å². The fraction of sp³-hybridized carbons (Fsp3) is 0.889. The zero-order chi connectivity index (χ0) is 13.5. The molecule has 0 heterocycles. The lowest BCUT2D eigenvalue weighted by Crippen LogP contribution is -2.18. The van der Waals surface area contributed by atoms with E-state index in [-0.39, 0.29) is 0 Å². The van der Waals surface area contributed by atoms with Crippen molar-refractivity contribution in [1.29, 1.82) is 0 Å². The Balaban J connectivity index is 2.33. The predicted molar refractivity (Wildman–Crippen MR) is 82.7 cm³/mol. The van der Waals surface area contributed by atoms with Gasteiger partial charge in [-0.1, -0.05) is 65.9 Å². The molecule has 0 spiro atoms. The number of hydrogen-bond acceptors (Lipinski definition) is 0. The minimum atomic E-state index is 0.736. The van der Waals surface area contributed by atoms with Crippen LogP contribution in [0.15, 0.2) is 12.7 Å². The van der Waals surface area contributed by atoms with Gasteiger partial charge in [-0.3, -0.25) is 0 Å². The van der Waals surface area contributed by atoms with Gasteiger partial charge in [0.15, 0.2) is 0 Å². The van der Waals surface area contributed by atoms with E-state index in [0.29, 0.717) is 0 Å². The molecule has 5 unspecified atom stereocenters. The van der Waals surface area contributed by atoms with Gasteiger partial charge in [0.05, 0.1) is 0 Å². The van der Waals surface area contributed by atoms with Gasteiger partial charge in [-0.05, 0) is 42.4 Å². The van der Waals surface area contributed by atoms with E-state index >= 15 is 0 Å². The summed E-state index contributed by atoms with van der Waals surface area (Å²) in [6.45, 7) is 13.6. The van der Waals surface area contributed by atoms with Gasteiger partial charge in [-0.2, -0.15) is 0 Å². The highest BCUT2D eigenvalue weighted by molar-refractivity contribution is 4.92. The van der Waals surface area contributed by atoms with Crippen molar-refractivity contribution in [3.05, 3.63) is 12.7 Å². The molecule has 0 aromatic carbocycles. The molecule has 0 aromatic heterocycles. The largest absolute Gasteiger partial charge is 0.103 e. The van der Waals surface area contributed by atoms with Crippen molar-refractivity contribution in [2.75, 3.05) is 0 Å². The molecule has 18 heavy (non-hydrogen) atoms. The second-order valence-corrected chi connectivity index (χ2v) is 6.69. The Morgan fingerprint density at radius 1 is 1.11 bits per heavy atom. The SMILES string of the molecule is C=CC(C(C)CCCC)C(C)CC1CC1CCC. The minimum absolute atomic E-state index is 0.736. The fourth-order valence-electron chi connectivity index (χ4n) is 3.70. The number of allylic oxidation sites excluding steroid dienone is 1. The van der Waals surface area contributed by atoms with Crippen LogP contribution >= 0.6 is 0 Å². The molecule has 1 rings (SSSR count). The monoisotopic (exact) mass is 250 g/mol. The predicted octanol–water partition coefficient (Wildman–Crippen LogP) is 6.08. The third-order valence-corrected chi connectivity index (χ3v) is 5.00. The van der Waals surface area contributed by atoms with E-state index in [1.54, 1.807) is 0 Å². The van der Waals surface area contributed by atoms with Crippen LogP contribution in [-0.4, -0.2) is 0 Å². The number of hydrogen-bond donors (Lipinski definition) is 0. The Kier molecular flexibility index (Phi) is 7.04. The fourth-order valence-corrected chi connectivity index (χ4v) is 3.70. The first kappa shape index (κ1) is 15.8. The van der Waals surface area contributed by atoms with Gasteiger partial charge in [0.2, 0.25) is 0 Å². The first-order chi connectivity index (χ1) is 8.63. The first-order valence-corrected chi connectivity index (χ1v) is 8.26.